The second-order valence-corrected chi connectivity index (χ2v) is 5.88. The number of benzene rings is 1. The van der Waals surface area contributed by atoms with Crippen LogP contribution in [-0.2, 0) is 19.1 Å². The second kappa shape index (κ2) is 5.02. The maximum absolute atomic E-state index is 12.6. The molecule has 2 heterocycles. The summed E-state index contributed by atoms with van der Waals surface area (Å²) in [5.74, 6) is -1.82. The van der Waals surface area contributed by atoms with Gasteiger partial charge >= 0.3 is 5.97 Å². The maximum atomic E-state index is 12.6. The summed E-state index contributed by atoms with van der Waals surface area (Å²) in [5, 5.41) is 0.745. The van der Waals surface area contributed by atoms with Gasteiger partial charge in [0.15, 0.2) is 11.4 Å². The number of rotatable bonds is 1. The summed E-state index contributed by atoms with van der Waals surface area (Å²) in [4.78, 5) is 24.7. The fraction of sp³-hybridized carbons (Fsp3) is 0.429. The molecule has 2 unspecified atom stereocenters. The van der Waals surface area contributed by atoms with E-state index in [2.05, 4.69) is 0 Å². The van der Waals surface area contributed by atoms with E-state index in [1.54, 1.807) is 12.1 Å². The number of carbonyl (C=O) groups is 2. The summed E-state index contributed by atoms with van der Waals surface area (Å²) < 4.78 is 10.7. The second-order valence-electron chi connectivity index (χ2n) is 5.03. The quantitative estimate of drug-likeness (QED) is 0.591. The Labute approximate surface area is 125 Å². The van der Waals surface area contributed by atoms with E-state index in [9.17, 15) is 9.59 Å². The van der Waals surface area contributed by atoms with Crippen LogP contribution in [0.25, 0.3) is 0 Å². The number of hydrogen-bond donors (Lipinski definition) is 0. The number of ketones is 1. The van der Waals surface area contributed by atoms with Crippen LogP contribution in [0.3, 0.4) is 0 Å². The van der Waals surface area contributed by atoms with Gasteiger partial charge in [-0.25, -0.2) is 0 Å². The predicted molar refractivity (Wildman–Crippen MR) is 73.1 cm³/mol. The van der Waals surface area contributed by atoms with Crippen LogP contribution >= 0.6 is 23.2 Å². The standard InChI is InChI=1S/C14H12Cl2O4/c15-8-2-3-9(10(16)6-8)11-12(17)14(20-13(11)18)4-1-5-19-7-14/h2-3,6,11H,1,4-5,7H2. The van der Waals surface area contributed by atoms with Crippen LogP contribution in [-0.4, -0.2) is 30.6 Å². The van der Waals surface area contributed by atoms with Crippen molar-refractivity contribution in [1.82, 2.24) is 0 Å². The molecule has 0 N–H and O–H groups in total. The highest BCUT2D eigenvalue weighted by Gasteiger charge is 2.56. The number of hydrogen-bond acceptors (Lipinski definition) is 4. The molecule has 0 amide bonds. The first-order valence-corrected chi connectivity index (χ1v) is 7.09. The molecule has 2 saturated heterocycles. The third kappa shape index (κ3) is 2.12. The zero-order chi connectivity index (χ0) is 14.3. The van der Waals surface area contributed by atoms with E-state index in [-0.39, 0.29) is 12.4 Å². The number of carbonyl (C=O) groups excluding carboxylic acids is 2. The summed E-state index contributed by atoms with van der Waals surface area (Å²) in [5.41, 5.74) is -0.698. The van der Waals surface area contributed by atoms with E-state index in [0.29, 0.717) is 35.1 Å². The van der Waals surface area contributed by atoms with E-state index >= 15 is 0 Å². The van der Waals surface area contributed by atoms with Crippen molar-refractivity contribution in [3.63, 3.8) is 0 Å². The van der Waals surface area contributed by atoms with Gasteiger partial charge in [0, 0.05) is 16.7 Å². The van der Waals surface area contributed by atoms with Crippen LogP contribution < -0.4 is 0 Å². The smallest absolute Gasteiger partial charge is 0.322 e. The summed E-state index contributed by atoms with van der Waals surface area (Å²) >= 11 is 11.9. The highest BCUT2D eigenvalue weighted by molar-refractivity contribution is 6.35. The fourth-order valence-electron chi connectivity index (χ4n) is 2.72. The van der Waals surface area contributed by atoms with Crippen molar-refractivity contribution in [3.05, 3.63) is 33.8 Å². The van der Waals surface area contributed by atoms with Crippen molar-refractivity contribution in [2.24, 2.45) is 0 Å². The van der Waals surface area contributed by atoms with Gasteiger partial charge in [0.2, 0.25) is 0 Å². The third-order valence-corrected chi connectivity index (χ3v) is 4.28. The highest BCUT2D eigenvalue weighted by Crippen LogP contribution is 2.41. The van der Waals surface area contributed by atoms with Gasteiger partial charge in [-0.05, 0) is 30.5 Å². The molecule has 6 heteroatoms. The topological polar surface area (TPSA) is 52.6 Å². The molecular formula is C14H12Cl2O4. The van der Waals surface area contributed by atoms with Crippen molar-refractivity contribution in [2.45, 2.75) is 24.4 Å². The van der Waals surface area contributed by atoms with Gasteiger partial charge in [-0.1, -0.05) is 29.3 Å². The molecule has 0 saturated carbocycles. The fourth-order valence-corrected chi connectivity index (χ4v) is 3.24. The van der Waals surface area contributed by atoms with Crippen molar-refractivity contribution in [1.29, 1.82) is 0 Å². The Hall–Kier alpha value is -1.10. The van der Waals surface area contributed by atoms with Crippen LogP contribution in [0.2, 0.25) is 10.0 Å². The molecule has 0 radical (unpaired) electrons. The first-order valence-electron chi connectivity index (χ1n) is 6.33. The largest absolute Gasteiger partial charge is 0.448 e. The normalized spacial score (nSPS) is 29.8. The molecule has 1 aromatic carbocycles. The molecule has 2 fully saturated rings. The summed E-state index contributed by atoms with van der Waals surface area (Å²) in [6, 6.07) is 4.71. The number of halogens is 2. The Kier molecular flexibility index (Phi) is 3.48. The molecule has 106 valence electrons. The molecule has 2 aliphatic rings. The summed E-state index contributed by atoms with van der Waals surface area (Å²) in [6.07, 6.45) is 1.19. The van der Waals surface area contributed by atoms with Gasteiger partial charge < -0.3 is 9.47 Å². The van der Waals surface area contributed by atoms with Crippen molar-refractivity contribution >= 4 is 35.0 Å². The molecule has 0 bridgehead atoms. The van der Waals surface area contributed by atoms with Crippen LogP contribution in [0.1, 0.15) is 24.3 Å². The molecule has 2 aliphatic heterocycles. The average molecular weight is 315 g/mol. The molecule has 1 aromatic rings. The monoisotopic (exact) mass is 314 g/mol. The maximum Gasteiger partial charge on any atom is 0.322 e. The minimum atomic E-state index is -1.14. The van der Waals surface area contributed by atoms with E-state index < -0.39 is 17.5 Å². The molecule has 2 atom stereocenters. The number of esters is 1. The minimum absolute atomic E-state index is 0.124. The van der Waals surface area contributed by atoms with Gasteiger partial charge in [0.25, 0.3) is 0 Å². The van der Waals surface area contributed by atoms with E-state index in [1.165, 1.54) is 6.07 Å². The molecule has 4 nitrogen and oxygen atoms in total. The lowest BCUT2D eigenvalue weighted by molar-refractivity contribution is -0.164. The minimum Gasteiger partial charge on any atom is -0.448 e. The zero-order valence-electron chi connectivity index (χ0n) is 10.5. The Bertz CT molecular complexity index is 579. The molecule has 3 rings (SSSR count). The van der Waals surface area contributed by atoms with Crippen molar-refractivity contribution in [3.8, 4) is 0 Å². The lowest BCUT2D eigenvalue weighted by Crippen LogP contribution is -2.45. The highest BCUT2D eigenvalue weighted by atomic mass is 35.5. The Morgan fingerprint density at radius 1 is 1.25 bits per heavy atom. The summed E-state index contributed by atoms with van der Waals surface area (Å²) in [6.45, 7) is 0.707. The Balaban J connectivity index is 1.98. The first kappa shape index (κ1) is 13.9. The first-order chi connectivity index (χ1) is 9.53. The van der Waals surface area contributed by atoms with Gasteiger partial charge in [-0.15, -0.1) is 0 Å². The number of Topliss-reactive ketones (excluding diaryl/α,β-unsaturated/α-hetero) is 1. The van der Waals surface area contributed by atoms with Crippen LogP contribution in [0, 0.1) is 0 Å². The average Bonchev–Trinajstić information content (AvgIpc) is 2.63. The molecular weight excluding hydrogens is 303 g/mol. The van der Waals surface area contributed by atoms with Crippen LogP contribution in [0.15, 0.2) is 18.2 Å². The van der Waals surface area contributed by atoms with E-state index in [1.807, 2.05) is 0 Å². The molecule has 1 spiro atoms. The third-order valence-electron chi connectivity index (χ3n) is 3.72. The van der Waals surface area contributed by atoms with E-state index in [0.717, 1.165) is 0 Å². The molecule has 20 heavy (non-hydrogen) atoms. The molecule has 0 aromatic heterocycles. The Morgan fingerprint density at radius 3 is 2.70 bits per heavy atom. The van der Waals surface area contributed by atoms with Crippen LogP contribution in [0.5, 0.6) is 0 Å². The predicted octanol–water partition coefficient (Wildman–Crippen LogP) is 2.75. The van der Waals surface area contributed by atoms with Crippen LogP contribution in [0.4, 0.5) is 0 Å². The van der Waals surface area contributed by atoms with E-state index in [4.69, 9.17) is 32.7 Å². The van der Waals surface area contributed by atoms with Crippen molar-refractivity contribution in [2.75, 3.05) is 13.2 Å². The zero-order valence-corrected chi connectivity index (χ0v) is 12.0. The van der Waals surface area contributed by atoms with Gasteiger partial charge in [-0.2, -0.15) is 0 Å². The summed E-state index contributed by atoms with van der Waals surface area (Å²) in [7, 11) is 0. The van der Waals surface area contributed by atoms with Gasteiger partial charge in [0.05, 0.1) is 6.61 Å². The lowest BCUT2D eigenvalue weighted by Gasteiger charge is -2.29. The van der Waals surface area contributed by atoms with Gasteiger partial charge in [0.1, 0.15) is 5.92 Å². The number of ether oxygens (including phenoxy) is 2. The SMILES string of the molecule is O=C1OC2(CCCOC2)C(=O)C1c1ccc(Cl)cc1Cl. The van der Waals surface area contributed by atoms with Gasteiger partial charge in [-0.3, -0.25) is 9.59 Å². The van der Waals surface area contributed by atoms with Crippen molar-refractivity contribution < 1.29 is 19.1 Å². The molecule has 0 aliphatic carbocycles. The lowest BCUT2D eigenvalue weighted by atomic mass is 9.84. The Morgan fingerprint density at radius 2 is 2.05 bits per heavy atom.